The van der Waals surface area contributed by atoms with Crippen molar-refractivity contribution in [3.05, 3.63) is 64.2 Å². The molecule has 6 nitrogen and oxygen atoms in total. The second-order valence-electron chi connectivity index (χ2n) is 8.53. The minimum Gasteiger partial charge on any atom is -0.508 e. The molecule has 0 amide bonds. The summed E-state index contributed by atoms with van der Waals surface area (Å²) in [6.45, 7) is 2.43. The van der Waals surface area contributed by atoms with Crippen LogP contribution in [0.25, 0.3) is 0 Å². The Bertz CT molecular complexity index is 898. The van der Waals surface area contributed by atoms with E-state index in [2.05, 4.69) is 23.5 Å². The maximum atomic E-state index is 11.5. The summed E-state index contributed by atoms with van der Waals surface area (Å²) in [6.07, 6.45) is 5.51. The average Bonchev–Trinajstić information content (AvgIpc) is 2.80. The zero-order valence-electron chi connectivity index (χ0n) is 18.8. The SMILES string of the molecule is CCOC(=O)CCCCc1ccc2c(c1)C[C@@H](NC[C@@H](O)c1ccc(O)c(CO)c1)CC2. The molecule has 2 aromatic carbocycles. The Labute approximate surface area is 190 Å². The van der Waals surface area contributed by atoms with Gasteiger partial charge in [0.25, 0.3) is 0 Å². The number of hydrogen-bond donors (Lipinski definition) is 4. The Hall–Kier alpha value is -2.41. The van der Waals surface area contributed by atoms with Crippen molar-refractivity contribution in [1.29, 1.82) is 0 Å². The summed E-state index contributed by atoms with van der Waals surface area (Å²) < 4.78 is 4.98. The number of fused-ring (bicyclic) bond motifs is 1. The number of carbonyl (C=O) groups is 1. The van der Waals surface area contributed by atoms with Gasteiger partial charge < -0.3 is 25.4 Å². The Balaban J connectivity index is 1.49. The monoisotopic (exact) mass is 441 g/mol. The topological polar surface area (TPSA) is 99.0 Å². The lowest BCUT2D eigenvalue weighted by atomic mass is 9.86. The summed E-state index contributed by atoms with van der Waals surface area (Å²) in [6, 6.07) is 11.9. The van der Waals surface area contributed by atoms with E-state index in [0.717, 1.165) is 38.5 Å². The number of benzene rings is 2. The first kappa shape index (κ1) is 24.2. The molecule has 1 aliphatic carbocycles. The summed E-state index contributed by atoms with van der Waals surface area (Å²) >= 11 is 0. The van der Waals surface area contributed by atoms with Crippen molar-refractivity contribution >= 4 is 5.97 Å². The molecule has 0 fully saturated rings. The summed E-state index contributed by atoms with van der Waals surface area (Å²) in [5.41, 5.74) is 5.15. The van der Waals surface area contributed by atoms with Crippen LogP contribution in [0.4, 0.5) is 0 Å². The van der Waals surface area contributed by atoms with Crippen molar-refractivity contribution < 1.29 is 24.9 Å². The number of hydrogen-bond acceptors (Lipinski definition) is 6. The van der Waals surface area contributed by atoms with Crippen LogP contribution in [0.1, 0.15) is 66.5 Å². The zero-order chi connectivity index (χ0) is 22.9. The minimum atomic E-state index is -0.701. The molecule has 0 radical (unpaired) electrons. The molecule has 0 bridgehead atoms. The van der Waals surface area contributed by atoms with E-state index in [-0.39, 0.29) is 18.3 Å². The first-order valence-electron chi connectivity index (χ1n) is 11.6. The van der Waals surface area contributed by atoms with Gasteiger partial charge in [0.1, 0.15) is 5.75 Å². The molecule has 174 valence electrons. The van der Waals surface area contributed by atoms with Gasteiger partial charge in [0.05, 0.1) is 19.3 Å². The highest BCUT2D eigenvalue weighted by Gasteiger charge is 2.20. The van der Waals surface area contributed by atoms with Crippen molar-refractivity contribution in [3.63, 3.8) is 0 Å². The number of aliphatic hydroxyl groups is 2. The molecule has 0 heterocycles. The maximum Gasteiger partial charge on any atom is 0.305 e. The smallest absolute Gasteiger partial charge is 0.305 e. The number of rotatable bonds is 11. The molecule has 0 saturated carbocycles. The van der Waals surface area contributed by atoms with E-state index in [4.69, 9.17) is 4.74 Å². The van der Waals surface area contributed by atoms with Gasteiger partial charge in [0, 0.05) is 24.6 Å². The summed E-state index contributed by atoms with van der Waals surface area (Å²) in [4.78, 5) is 11.5. The van der Waals surface area contributed by atoms with E-state index >= 15 is 0 Å². The molecule has 2 atom stereocenters. The third-order valence-electron chi connectivity index (χ3n) is 6.16. The lowest BCUT2D eigenvalue weighted by Gasteiger charge is -2.27. The van der Waals surface area contributed by atoms with Gasteiger partial charge in [-0.1, -0.05) is 24.3 Å². The second kappa shape index (κ2) is 12.0. The van der Waals surface area contributed by atoms with Gasteiger partial charge in [-0.05, 0) is 79.8 Å². The molecule has 4 N–H and O–H groups in total. The predicted molar refractivity (Wildman–Crippen MR) is 123 cm³/mol. The number of phenols is 1. The Kier molecular flexibility index (Phi) is 9.09. The van der Waals surface area contributed by atoms with E-state index in [1.165, 1.54) is 22.8 Å². The van der Waals surface area contributed by atoms with Gasteiger partial charge in [-0.2, -0.15) is 0 Å². The highest BCUT2D eigenvalue weighted by Crippen LogP contribution is 2.25. The van der Waals surface area contributed by atoms with Gasteiger partial charge in [-0.15, -0.1) is 0 Å². The van der Waals surface area contributed by atoms with Crippen LogP contribution in [0.3, 0.4) is 0 Å². The van der Waals surface area contributed by atoms with Gasteiger partial charge in [-0.3, -0.25) is 4.79 Å². The molecular weight excluding hydrogens is 406 g/mol. The zero-order valence-corrected chi connectivity index (χ0v) is 18.8. The third kappa shape index (κ3) is 6.79. The number of esters is 1. The van der Waals surface area contributed by atoms with Crippen LogP contribution < -0.4 is 5.32 Å². The molecule has 0 aromatic heterocycles. The lowest BCUT2D eigenvalue weighted by Crippen LogP contribution is -2.37. The number of nitrogens with one attached hydrogen (secondary N) is 1. The Morgan fingerprint density at radius 1 is 1.19 bits per heavy atom. The third-order valence-corrected chi connectivity index (χ3v) is 6.16. The van der Waals surface area contributed by atoms with Crippen LogP contribution in [-0.2, 0) is 35.4 Å². The normalized spacial score (nSPS) is 16.4. The van der Waals surface area contributed by atoms with Crippen LogP contribution in [0, 0.1) is 0 Å². The molecule has 2 aromatic rings. The highest BCUT2D eigenvalue weighted by molar-refractivity contribution is 5.69. The molecule has 0 saturated heterocycles. The van der Waals surface area contributed by atoms with Crippen LogP contribution in [0.5, 0.6) is 5.75 Å². The van der Waals surface area contributed by atoms with Gasteiger partial charge in [0.2, 0.25) is 0 Å². The fraction of sp³-hybridized carbons (Fsp3) is 0.500. The lowest BCUT2D eigenvalue weighted by molar-refractivity contribution is -0.143. The standard InChI is InChI=1S/C26H35NO5/c1-2-32-26(31)6-4-3-5-18-7-8-19-9-11-23(15-21(19)13-18)27-16-25(30)20-10-12-24(29)22(14-20)17-28/h7-8,10,12-14,23,25,27-30H,2-6,9,11,15-17H2,1H3/t23-,25+/m0/s1. The number of unbranched alkanes of at least 4 members (excludes halogenated alkanes) is 1. The molecule has 0 spiro atoms. The van der Waals surface area contributed by atoms with Gasteiger partial charge in [0.15, 0.2) is 0 Å². The summed E-state index contributed by atoms with van der Waals surface area (Å²) in [5, 5.41) is 33.0. The van der Waals surface area contributed by atoms with Crippen molar-refractivity contribution in [1.82, 2.24) is 5.32 Å². The second-order valence-corrected chi connectivity index (χ2v) is 8.53. The van der Waals surface area contributed by atoms with Gasteiger partial charge >= 0.3 is 5.97 Å². The van der Waals surface area contributed by atoms with Crippen molar-refractivity contribution in [2.24, 2.45) is 0 Å². The molecular formula is C26H35NO5. The number of carbonyl (C=O) groups excluding carboxylic acids is 1. The number of aryl methyl sites for hydroxylation is 2. The maximum absolute atomic E-state index is 11.5. The minimum absolute atomic E-state index is 0.0389. The van der Waals surface area contributed by atoms with Crippen molar-refractivity contribution in [3.8, 4) is 5.75 Å². The van der Waals surface area contributed by atoms with Crippen molar-refractivity contribution in [2.45, 2.75) is 70.6 Å². The van der Waals surface area contributed by atoms with E-state index < -0.39 is 6.10 Å². The number of aromatic hydroxyl groups is 1. The summed E-state index contributed by atoms with van der Waals surface area (Å²) in [7, 11) is 0. The van der Waals surface area contributed by atoms with Crippen molar-refractivity contribution in [2.75, 3.05) is 13.2 Å². The van der Waals surface area contributed by atoms with Crippen LogP contribution in [-0.4, -0.2) is 40.5 Å². The Morgan fingerprint density at radius 2 is 2.03 bits per heavy atom. The first-order valence-corrected chi connectivity index (χ1v) is 11.6. The average molecular weight is 442 g/mol. The molecule has 3 rings (SSSR count). The van der Waals surface area contributed by atoms with Crippen LogP contribution in [0.15, 0.2) is 36.4 Å². The molecule has 32 heavy (non-hydrogen) atoms. The highest BCUT2D eigenvalue weighted by atomic mass is 16.5. The quantitative estimate of drug-likeness (QED) is 0.315. The van der Waals surface area contributed by atoms with E-state index in [0.29, 0.717) is 36.7 Å². The Morgan fingerprint density at radius 3 is 2.81 bits per heavy atom. The predicted octanol–water partition coefficient (Wildman–Crippen LogP) is 3.34. The summed E-state index contributed by atoms with van der Waals surface area (Å²) in [5.74, 6) is -0.0778. The van der Waals surface area contributed by atoms with E-state index in [9.17, 15) is 20.1 Å². The van der Waals surface area contributed by atoms with E-state index in [1.807, 2.05) is 6.92 Å². The molecule has 0 aliphatic heterocycles. The fourth-order valence-electron chi connectivity index (χ4n) is 4.31. The van der Waals surface area contributed by atoms with Gasteiger partial charge in [-0.25, -0.2) is 0 Å². The fourth-order valence-corrected chi connectivity index (χ4v) is 4.31. The molecule has 6 heteroatoms. The van der Waals surface area contributed by atoms with E-state index in [1.54, 1.807) is 12.1 Å². The van der Waals surface area contributed by atoms with Crippen LogP contribution >= 0.6 is 0 Å². The largest absolute Gasteiger partial charge is 0.508 e. The molecule has 1 aliphatic rings. The molecule has 0 unspecified atom stereocenters. The number of aliphatic hydroxyl groups excluding tert-OH is 2. The first-order chi connectivity index (χ1) is 15.5. The number of ether oxygens (including phenoxy) is 1. The van der Waals surface area contributed by atoms with Crippen LogP contribution in [0.2, 0.25) is 0 Å².